The Bertz CT molecular complexity index is 1240. The zero-order chi connectivity index (χ0) is 20.4. The highest BCUT2D eigenvalue weighted by Crippen LogP contribution is 2.32. The number of nitrogens with one attached hydrogen (secondary N) is 1. The highest BCUT2D eigenvalue weighted by molar-refractivity contribution is 6.35. The first-order valence-electron chi connectivity index (χ1n) is 8.62. The number of fused-ring (bicyclic) bond motifs is 1. The Labute approximate surface area is 176 Å². The number of anilines is 1. The average Bonchev–Trinajstić information content (AvgIpc) is 3.18. The number of halogens is 2. The molecule has 0 aliphatic carbocycles. The molecule has 2 aromatic heterocycles. The van der Waals surface area contributed by atoms with E-state index in [0.29, 0.717) is 32.8 Å². The van der Waals surface area contributed by atoms with Crippen LogP contribution in [0.4, 0.5) is 5.69 Å². The molecule has 4 aromatic rings. The van der Waals surface area contributed by atoms with E-state index >= 15 is 0 Å². The van der Waals surface area contributed by atoms with Crippen molar-refractivity contribution in [3.63, 3.8) is 0 Å². The van der Waals surface area contributed by atoms with Gasteiger partial charge in [0.25, 0.3) is 5.91 Å². The van der Waals surface area contributed by atoms with E-state index < -0.39 is 11.7 Å². The molecule has 1 amide bonds. The molecule has 144 valence electrons. The van der Waals surface area contributed by atoms with Crippen LogP contribution in [-0.4, -0.2) is 16.0 Å². The molecule has 2 N–H and O–H groups in total. The summed E-state index contributed by atoms with van der Waals surface area (Å²) in [7, 11) is 0. The minimum atomic E-state index is -0.667. The molecule has 0 saturated heterocycles. The van der Waals surface area contributed by atoms with Crippen molar-refractivity contribution in [1.82, 2.24) is 4.98 Å². The molecule has 0 saturated carbocycles. The van der Waals surface area contributed by atoms with E-state index in [9.17, 15) is 9.90 Å². The van der Waals surface area contributed by atoms with Gasteiger partial charge in [0.2, 0.25) is 0 Å². The Hall–Kier alpha value is -3.28. The summed E-state index contributed by atoms with van der Waals surface area (Å²) in [6.45, 7) is 0. The van der Waals surface area contributed by atoms with E-state index in [1.165, 1.54) is 6.08 Å². The monoisotopic (exact) mass is 424 g/mol. The molecule has 0 bridgehead atoms. The van der Waals surface area contributed by atoms with Crippen LogP contribution in [0, 0.1) is 0 Å². The number of hydrogen-bond donors (Lipinski definition) is 2. The largest absolute Gasteiger partial charge is 0.503 e. The SMILES string of the molecule is O=C(Nc1cccc2ncccc12)/C(O)=C/c1ccc(-c2cc(Cl)ccc2Cl)o1. The smallest absolute Gasteiger partial charge is 0.290 e. The van der Waals surface area contributed by atoms with Crippen LogP contribution in [-0.2, 0) is 4.79 Å². The number of aliphatic hydroxyl groups is 1. The van der Waals surface area contributed by atoms with Crippen LogP contribution in [0.5, 0.6) is 0 Å². The van der Waals surface area contributed by atoms with E-state index in [-0.39, 0.29) is 0 Å². The maximum Gasteiger partial charge on any atom is 0.290 e. The Morgan fingerprint density at radius 2 is 1.93 bits per heavy atom. The molecule has 0 unspecified atom stereocenters. The van der Waals surface area contributed by atoms with Crippen molar-refractivity contribution in [1.29, 1.82) is 0 Å². The molecule has 29 heavy (non-hydrogen) atoms. The summed E-state index contributed by atoms with van der Waals surface area (Å²) in [5, 5.41) is 14.7. The standard InChI is InChI=1S/C22H14Cl2N2O3/c23-13-6-8-17(24)16(11-13)21-9-7-14(29-21)12-20(27)22(28)26-19-5-1-4-18-15(19)3-2-10-25-18/h1-12,27H,(H,26,28)/b20-12-. The maximum absolute atomic E-state index is 12.4. The molecule has 2 aromatic carbocycles. The molecule has 0 fully saturated rings. The van der Waals surface area contributed by atoms with Gasteiger partial charge in [-0.15, -0.1) is 0 Å². The molecule has 7 heteroatoms. The predicted molar refractivity (Wildman–Crippen MR) is 115 cm³/mol. The van der Waals surface area contributed by atoms with Crippen LogP contribution < -0.4 is 5.32 Å². The second-order valence-electron chi connectivity index (χ2n) is 6.19. The van der Waals surface area contributed by atoms with Crippen molar-refractivity contribution < 1.29 is 14.3 Å². The number of amides is 1. The average molecular weight is 425 g/mol. The van der Waals surface area contributed by atoms with Crippen LogP contribution in [0.25, 0.3) is 28.3 Å². The second kappa shape index (κ2) is 7.99. The lowest BCUT2D eigenvalue weighted by atomic mass is 10.2. The summed E-state index contributed by atoms with van der Waals surface area (Å²) in [5.41, 5.74) is 1.90. The summed E-state index contributed by atoms with van der Waals surface area (Å²) in [6, 6.07) is 17.3. The summed E-state index contributed by atoms with van der Waals surface area (Å²) < 4.78 is 5.68. The lowest BCUT2D eigenvalue weighted by Crippen LogP contribution is -2.14. The Kier molecular flexibility index (Phi) is 5.25. The van der Waals surface area contributed by atoms with Gasteiger partial charge in [0.05, 0.1) is 16.2 Å². The lowest BCUT2D eigenvalue weighted by molar-refractivity contribution is -0.115. The topological polar surface area (TPSA) is 75.4 Å². The number of nitrogens with zero attached hydrogens (tertiary/aromatic N) is 1. The molecule has 0 spiro atoms. The fourth-order valence-corrected chi connectivity index (χ4v) is 3.24. The number of aromatic nitrogens is 1. The Balaban J connectivity index is 1.56. The van der Waals surface area contributed by atoms with Gasteiger partial charge in [-0.2, -0.15) is 0 Å². The van der Waals surface area contributed by atoms with Gasteiger partial charge in [0, 0.05) is 28.2 Å². The lowest BCUT2D eigenvalue weighted by Gasteiger charge is -2.07. The third-order valence-electron chi connectivity index (χ3n) is 4.23. The number of pyridine rings is 1. The molecule has 0 atom stereocenters. The van der Waals surface area contributed by atoms with Crippen LogP contribution in [0.15, 0.2) is 77.0 Å². The van der Waals surface area contributed by atoms with Gasteiger partial charge >= 0.3 is 0 Å². The summed E-state index contributed by atoms with van der Waals surface area (Å²) in [5.74, 6) is -0.399. The number of carbonyl (C=O) groups is 1. The van der Waals surface area contributed by atoms with Gasteiger partial charge in [0.15, 0.2) is 5.76 Å². The minimum Gasteiger partial charge on any atom is -0.503 e. The number of furan rings is 1. The zero-order valence-electron chi connectivity index (χ0n) is 14.9. The number of rotatable bonds is 4. The summed E-state index contributed by atoms with van der Waals surface area (Å²) in [6.07, 6.45) is 2.91. The maximum atomic E-state index is 12.4. The Morgan fingerprint density at radius 3 is 2.79 bits per heavy atom. The van der Waals surface area contributed by atoms with Gasteiger partial charge in [-0.1, -0.05) is 29.3 Å². The van der Waals surface area contributed by atoms with Gasteiger partial charge in [0.1, 0.15) is 11.5 Å². The predicted octanol–water partition coefficient (Wildman–Crippen LogP) is 6.34. The number of carbonyl (C=O) groups excluding carboxylic acids is 1. The fourth-order valence-electron chi connectivity index (χ4n) is 2.86. The van der Waals surface area contributed by atoms with E-state index in [2.05, 4.69) is 10.3 Å². The summed E-state index contributed by atoms with van der Waals surface area (Å²) >= 11 is 12.2. The van der Waals surface area contributed by atoms with Crippen molar-refractivity contribution in [2.24, 2.45) is 0 Å². The minimum absolute atomic E-state index is 0.295. The molecule has 4 rings (SSSR count). The zero-order valence-corrected chi connectivity index (χ0v) is 16.4. The third-order valence-corrected chi connectivity index (χ3v) is 4.79. The highest BCUT2D eigenvalue weighted by atomic mass is 35.5. The van der Waals surface area contributed by atoms with Gasteiger partial charge in [-0.05, 0) is 54.6 Å². The van der Waals surface area contributed by atoms with E-state index in [1.807, 2.05) is 12.1 Å². The first kappa shape index (κ1) is 19.1. The third kappa shape index (κ3) is 4.11. The number of hydrogen-bond acceptors (Lipinski definition) is 4. The first-order valence-corrected chi connectivity index (χ1v) is 9.38. The second-order valence-corrected chi connectivity index (χ2v) is 7.03. The number of benzene rings is 2. The Morgan fingerprint density at radius 1 is 1.07 bits per heavy atom. The fraction of sp³-hybridized carbons (Fsp3) is 0. The van der Waals surface area contributed by atoms with Crippen molar-refractivity contribution in [2.75, 3.05) is 5.32 Å². The highest BCUT2D eigenvalue weighted by Gasteiger charge is 2.13. The van der Waals surface area contributed by atoms with E-state index in [1.54, 1.807) is 54.7 Å². The molecule has 2 heterocycles. The van der Waals surface area contributed by atoms with Crippen molar-refractivity contribution in [3.8, 4) is 11.3 Å². The molecular formula is C22H14Cl2N2O3. The first-order chi connectivity index (χ1) is 14.0. The molecule has 0 aliphatic rings. The number of aliphatic hydroxyl groups excluding tert-OH is 1. The van der Waals surface area contributed by atoms with Gasteiger partial charge < -0.3 is 14.8 Å². The molecular weight excluding hydrogens is 411 g/mol. The summed E-state index contributed by atoms with van der Waals surface area (Å²) in [4.78, 5) is 16.6. The van der Waals surface area contributed by atoms with Crippen LogP contribution in [0.3, 0.4) is 0 Å². The normalized spacial score (nSPS) is 11.6. The van der Waals surface area contributed by atoms with Crippen molar-refractivity contribution in [3.05, 3.63) is 88.4 Å². The van der Waals surface area contributed by atoms with E-state index in [4.69, 9.17) is 27.6 Å². The molecule has 0 aliphatic heterocycles. The molecule has 5 nitrogen and oxygen atoms in total. The van der Waals surface area contributed by atoms with Gasteiger partial charge in [-0.3, -0.25) is 9.78 Å². The molecule has 0 radical (unpaired) electrons. The van der Waals surface area contributed by atoms with Crippen molar-refractivity contribution in [2.45, 2.75) is 0 Å². The van der Waals surface area contributed by atoms with Crippen LogP contribution in [0.2, 0.25) is 10.0 Å². The van der Waals surface area contributed by atoms with Crippen LogP contribution >= 0.6 is 23.2 Å². The van der Waals surface area contributed by atoms with Crippen molar-refractivity contribution >= 4 is 51.8 Å². The van der Waals surface area contributed by atoms with E-state index in [0.717, 1.165) is 10.9 Å². The van der Waals surface area contributed by atoms with Gasteiger partial charge in [-0.25, -0.2) is 0 Å². The quantitative estimate of drug-likeness (QED) is 0.296. The van der Waals surface area contributed by atoms with Crippen LogP contribution in [0.1, 0.15) is 5.76 Å².